The summed E-state index contributed by atoms with van der Waals surface area (Å²) in [6, 6.07) is 4.78. The van der Waals surface area contributed by atoms with Gasteiger partial charge in [0.05, 0.1) is 4.92 Å². The van der Waals surface area contributed by atoms with Gasteiger partial charge in [-0.25, -0.2) is 0 Å². The minimum atomic E-state index is -0.390. The predicted molar refractivity (Wildman–Crippen MR) is 81.3 cm³/mol. The quantitative estimate of drug-likeness (QED) is 0.480. The van der Waals surface area contributed by atoms with Gasteiger partial charge in [0.15, 0.2) is 0 Å². The molecule has 2 rings (SSSR count). The highest BCUT2D eigenvalue weighted by atomic mass is 79.9. The summed E-state index contributed by atoms with van der Waals surface area (Å²) in [5.41, 5.74) is 1.81. The van der Waals surface area contributed by atoms with Crippen LogP contribution in [0.4, 0.5) is 11.4 Å². The van der Waals surface area contributed by atoms with Gasteiger partial charge in [0.1, 0.15) is 0 Å². The van der Waals surface area contributed by atoms with Gasteiger partial charge >= 0.3 is 0 Å². The minimum absolute atomic E-state index is 0.0894. The van der Waals surface area contributed by atoms with Gasteiger partial charge in [0, 0.05) is 36.1 Å². The van der Waals surface area contributed by atoms with E-state index in [2.05, 4.69) is 22.9 Å². The Morgan fingerprint density at radius 2 is 2.20 bits per heavy atom. The number of non-ortho nitro benzene ring substituents is 1. The lowest BCUT2D eigenvalue weighted by Gasteiger charge is -2.25. The Morgan fingerprint density at radius 1 is 1.45 bits per heavy atom. The van der Waals surface area contributed by atoms with Crippen LogP contribution >= 0.6 is 15.9 Å². The molecular formula is C14H17BrN2O3. The molecule has 0 aromatic heterocycles. The first-order valence-corrected chi connectivity index (χ1v) is 7.78. The Balaban J connectivity index is 2.38. The number of fused-ring (bicyclic) bond motifs is 1. The van der Waals surface area contributed by atoms with Gasteiger partial charge in [-0.15, -0.1) is 0 Å². The van der Waals surface area contributed by atoms with E-state index in [1.165, 1.54) is 6.07 Å². The summed E-state index contributed by atoms with van der Waals surface area (Å²) >= 11 is 3.42. The van der Waals surface area contributed by atoms with E-state index in [9.17, 15) is 14.9 Å². The number of anilines is 1. The molecule has 1 aromatic rings. The van der Waals surface area contributed by atoms with Crippen LogP contribution in [0.1, 0.15) is 25.3 Å². The van der Waals surface area contributed by atoms with Gasteiger partial charge in [0.25, 0.3) is 5.69 Å². The first-order valence-electron chi connectivity index (χ1n) is 6.66. The molecule has 0 saturated carbocycles. The fourth-order valence-electron chi connectivity index (χ4n) is 2.41. The lowest BCUT2D eigenvalue weighted by molar-refractivity contribution is -0.384. The topological polar surface area (TPSA) is 63.5 Å². The smallest absolute Gasteiger partial charge is 0.269 e. The summed E-state index contributed by atoms with van der Waals surface area (Å²) in [4.78, 5) is 24.5. The van der Waals surface area contributed by atoms with Crippen molar-refractivity contribution in [2.45, 2.75) is 26.2 Å². The van der Waals surface area contributed by atoms with Crippen molar-refractivity contribution < 1.29 is 9.72 Å². The number of aryl methyl sites for hydroxylation is 1. The zero-order valence-corrected chi connectivity index (χ0v) is 12.9. The monoisotopic (exact) mass is 340 g/mol. The van der Waals surface area contributed by atoms with Crippen LogP contribution in [-0.4, -0.2) is 22.7 Å². The third-order valence-corrected chi connectivity index (χ3v) is 4.57. The SMILES string of the molecule is CC(CBr)CN1C(=O)CCCc2cc([N+](=O)[O-])ccc21. The van der Waals surface area contributed by atoms with Gasteiger partial charge < -0.3 is 4.90 Å². The molecule has 1 unspecified atom stereocenters. The van der Waals surface area contributed by atoms with Crippen molar-refractivity contribution in [2.24, 2.45) is 5.92 Å². The van der Waals surface area contributed by atoms with Crippen molar-refractivity contribution in [1.29, 1.82) is 0 Å². The van der Waals surface area contributed by atoms with E-state index in [-0.39, 0.29) is 11.6 Å². The molecule has 20 heavy (non-hydrogen) atoms. The van der Waals surface area contributed by atoms with E-state index < -0.39 is 4.92 Å². The molecule has 108 valence electrons. The second kappa shape index (κ2) is 6.35. The van der Waals surface area contributed by atoms with E-state index in [4.69, 9.17) is 0 Å². The number of nitro benzene ring substituents is 1. The molecule has 6 heteroatoms. The van der Waals surface area contributed by atoms with Gasteiger partial charge in [-0.1, -0.05) is 22.9 Å². The molecule has 0 spiro atoms. The molecule has 0 fully saturated rings. The van der Waals surface area contributed by atoms with E-state index in [0.29, 0.717) is 25.3 Å². The molecule has 0 radical (unpaired) electrons. The summed E-state index contributed by atoms with van der Waals surface area (Å²) in [5, 5.41) is 11.7. The number of hydrogen-bond acceptors (Lipinski definition) is 3. The Morgan fingerprint density at radius 3 is 2.85 bits per heavy atom. The summed E-state index contributed by atoms with van der Waals surface area (Å²) in [6.07, 6.45) is 1.95. The number of carbonyl (C=O) groups excluding carboxylic acids is 1. The van der Waals surface area contributed by atoms with Crippen molar-refractivity contribution >= 4 is 33.2 Å². The molecule has 1 aliphatic rings. The summed E-state index contributed by atoms with van der Waals surface area (Å²) < 4.78 is 0. The maximum absolute atomic E-state index is 12.2. The Hall–Kier alpha value is -1.43. The number of rotatable bonds is 4. The number of nitrogens with zero attached hydrogens (tertiary/aromatic N) is 2. The predicted octanol–water partition coefficient (Wildman–Crippen LogP) is 3.30. The van der Waals surface area contributed by atoms with Crippen LogP contribution in [0.3, 0.4) is 0 Å². The normalized spacial score (nSPS) is 16.5. The van der Waals surface area contributed by atoms with Crippen molar-refractivity contribution in [3.8, 4) is 0 Å². The summed E-state index contributed by atoms with van der Waals surface area (Å²) in [6.45, 7) is 2.70. The van der Waals surface area contributed by atoms with Gasteiger partial charge in [-0.05, 0) is 30.4 Å². The van der Waals surface area contributed by atoms with Crippen LogP contribution in [0.2, 0.25) is 0 Å². The maximum atomic E-state index is 12.2. The number of carbonyl (C=O) groups is 1. The maximum Gasteiger partial charge on any atom is 0.269 e. The molecule has 0 saturated heterocycles. The molecule has 1 atom stereocenters. The van der Waals surface area contributed by atoms with Crippen LogP contribution in [-0.2, 0) is 11.2 Å². The molecule has 1 aromatic carbocycles. The molecule has 5 nitrogen and oxygen atoms in total. The standard InChI is InChI=1S/C14H17BrN2O3/c1-10(8-15)9-16-13-6-5-12(17(19)20)7-11(13)3-2-4-14(16)18/h5-7,10H,2-4,8-9H2,1H3. The first-order chi connectivity index (χ1) is 9.52. The second-order valence-electron chi connectivity index (χ2n) is 5.19. The number of benzene rings is 1. The molecule has 0 aliphatic carbocycles. The van der Waals surface area contributed by atoms with Crippen LogP contribution in [0.15, 0.2) is 18.2 Å². The second-order valence-corrected chi connectivity index (χ2v) is 5.83. The van der Waals surface area contributed by atoms with Crippen LogP contribution in [0, 0.1) is 16.0 Å². The number of alkyl halides is 1. The number of hydrogen-bond donors (Lipinski definition) is 0. The van der Waals surface area contributed by atoms with Crippen LogP contribution in [0.25, 0.3) is 0 Å². The van der Waals surface area contributed by atoms with Crippen molar-refractivity contribution in [3.05, 3.63) is 33.9 Å². The van der Waals surface area contributed by atoms with Crippen molar-refractivity contribution in [1.82, 2.24) is 0 Å². The van der Waals surface area contributed by atoms with Crippen molar-refractivity contribution in [2.75, 3.05) is 16.8 Å². The summed E-state index contributed by atoms with van der Waals surface area (Å²) in [5.74, 6) is 0.436. The number of amides is 1. The molecular weight excluding hydrogens is 324 g/mol. The lowest BCUT2D eigenvalue weighted by atomic mass is 10.1. The molecule has 1 amide bonds. The Kier molecular flexibility index (Phi) is 4.75. The van der Waals surface area contributed by atoms with Crippen molar-refractivity contribution in [3.63, 3.8) is 0 Å². The van der Waals surface area contributed by atoms with E-state index >= 15 is 0 Å². The van der Waals surface area contributed by atoms with Crippen LogP contribution < -0.4 is 4.90 Å². The average Bonchev–Trinajstić information content (AvgIpc) is 2.58. The Labute approximate surface area is 126 Å². The summed E-state index contributed by atoms with van der Waals surface area (Å²) in [7, 11) is 0. The first kappa shape index (κ1) is 15.0. The lowest BCUT2D eigenvalue weighted by Crippen LogP contribution is -2.34. The highest BCUT2D eigenvalue weighted by molar-refractivity contribution is 9.09. The third-order valence-electron chi connectivity index (χ3n) is 3.46. The molecule has 0 N–H and O–H groups in total. The van der Waals surface area contributed by atoms with Crippen LogP contribution in [0.5, 0.6) is 0 Å². The zero-order valence-electron chi connectivity index (χ0n) is 11.3. The van der Waals surface area contributed by atoms with Gasteiger partial charge in [-0.3, -0.25) is 14.9 Å². The highest BCUT2D eigenvalue weighted by Crippen LogP contribution is 2.31. The third kappa shape index (κ3) is 3.17. The molecule has 0 bridgehead atoms. The molecule has 1 aliphatic heterocycles. The minimum Gasteiger partial charge on any atom is -0.312 e. The van der Waals surface area contributed by atoms with E-state index in [1.807, 2.05) is 0 Å². The van der Waals surface area contributed by atoms with Gasteiger partial charge in [-0.2, -0.15) is 0 Å². The fraction of sp³-hybridized carbons (Fsp3) is 0.500. The van der Waals surface area contributed by atoms with Gasteiger partial charge in [0.2, 0.25) is 5.91 Å². The number of nitro groups is 1. The fourth-order valence-corrected chi connectivity index (χ4v) is 2.61. The largest absolute Gasteiger partial charge is 0.312 e. The Bertz CT molecular complexity index is 533. The zero-order chi connectivity index (χ0) is 14.7. The average molecular weight is 341 g/mol. The van der Waals surface area contributed by atoms with E-state index in [0.717, 1.165) is 23.0 Å². The number of halogens is 1. The van der Waals surface area contributed by atoms with E-state index in [1.54, 1.807) is 17.0 Å². The molecule has 1 heterocycles. The highest BCUT2D eigenvalue weighted by Gasteiger charge is 2.24.